The van der Waals surface area contributed by atoms with E-state index < -0.39 is 0 Å². The molecule has 124 valence electrons. The first-order valence-electron chi connectivity index (χ1n) is 8.68. The average molecular weight is 325 g/mol. The third-order valence-corrected chi connectivity index (χ3v) is 5.46. The van der Waals surface area contributed by atoms with Gasteiger partial charge in [-0.2, -0.15) is 0 Å². The van der Waals surface area contributed by atoms with Gasteiger partial charge in [0.15, 0.2) is 0 Å². The molecule has 0 amide bonds. The molecule has 2 aromatic heterocycles. The lowest BCUT2D eigenvalue weighted by Gasteiger charge is -2.56. The van der Waals surface area contributed by atoms with Gasteiger partial charge in [0.25, 0.3) is 0 Å². The Morgan fingerprint density at radius 2 is 1.92 bits per heavy atom. The summed E-state index contributed by atoms with van der Waals surface area (Å²) in [5, 5.41) is 0. The van der Waals surface area contributed by atoms with Crippen LogP contribution in [0.3, 0.4) is 0 Å². The van der Waals surface area contributed by atoms with E-state index in [0.717, 1.165) is 31.0 Å². The predicted molar refractivity (Wildman–Crippen MR) is 88.2 cm³/mol. The molecule has 6 heteroatoms. The molecule has 4 aliphatic rings. The van der Waals surface area contributed by atoms with Gasteiger partial charge in [-0.1, -0.05) is 0 Å². The Morgan fingerprint density at radius 1 is 1.08 bits per heavy atom. The van der Waals surface area contributed by atoms with Crippen molar-refractivity contribution in [3.05, 3.63) is 47.9 Å². The molecule has 0 spiro atoms. The SMILES string of the molecule is Fc1cncc(CN2C3CC2CN(c2cc(C4CC4)ncn2)C3)c1. The molecule has 2 atom stereocenters. The molecule has 5 heterocycles. The van der Waals surface area contributed by atoms with E-state index in [1.165, 1.54) is 31.2 Å². The lowest BCUT2D eigenvalue weighted by molar-refractivity contribution is -0.00883. The van der Waals surface area contributed by atoms with E-state index in [9.17, 15) is 4.39 Å². The third-order valence-electron chi connectivity index (χ3n) is 5.46. The fourth-order valence-electron chi connectivity index (χ4n) is 4.02. The van der Waals surface area contributed by atoms with Crippen LogP contribution in [0, 0.1) is 5.82 Å². The minimum absolute atomic E-state index is 0.256. The monoisotopic (exact) mass is 325 g/mol. The highest BCUT2D eigenvalue weighted by molar-refractivity contribution is 5.43. The number of piperazine rings is 1. The first kappa shape index (κ1) is 14.3. The summed E-state index contributed by atoms with van der Waals surface area (Å²) in [6.07, 6.45) is 8.48. The number of anilines is 1. The lowest BCUT2D eigenvalue weighted by Crippen LogP contribution is -2.68. The first-order valence-corrected chi connectivity index (χ1v) is 8.68. The van der Waals surface area contributed by atoms with Crippen LogP contribution < -0.4 is 4.90 Å². The zero-order valence-electron chi connectivity index (χ0n) is 13.5. The zero-order valence-corrected chi connectivity index (χ0v) is 13.5. The molecule has 2 aromatic rings. The second-order valence-electron chi connectivity index (χ2n) is 7.21. The molecule has 6 rings (SSSR count). The van der Waals surface area contributed by atoms with Crippen LogP contribution in [0.1, 0.15) is 36.4 Å². The highest BCUT2D eigenvalue weighted by Crippen LogP contribution is 2.40. The summed E-state index contributed by atoms with van der Waals surface area (Å²) in [6, 6.07) is 4.80. The second-order valence-corrected chi connectivity index (χ2v) is 7.21. The smallest absolute Gasteiger partial charge is 0.141 e. The highest BCUT2D eigenvalue weighted by Gasteiger charge is 2.44. The van der Waals surface area contributed by atoms with Crippen LogP contribution in [0.5, 0.6) is 0 Å². The molecule has 3 aliphatic heterocycles. The van der Waals surface area contributed by atoms with E-state index in [4.69, 9.17) is 0 Å². The minimum atomic E-state index is -0.256. The Balaban J connectivity index is 1.28. The van der Waals surface area contributed by atoms with Gasteiger partial charge in [-0.25, -0.2) is 14.4 Å². The highest BCUT2D eigenvalue weighted by atomic mass is 19.1. The van der Waals surface area contributed by atoms with E-state index in [1.807, 2.05) is 0 Å². The molecule has 5 nitrogen and oxygen atoms in total. The van der Waals surface area contributed by atoms with Crippen molar-refractivity contribution in [1.29, 1.82) is 0 Å². The predicted octanol–water partition coefficient (Wildman–Crippen LogP) is 2.35. The van der Waals surface area contributed by atoms with Gasteiger partial charge in [0.05, 0.1) is 6.20 Å². The van der Waals surface area contributed by atoms with E-state index in [2.05, 4.69) is 30.8 Å². The molecule has 24 heavy (non-hydrogen) atoms. The van der Waals surface area contributed by atoms with Crippen molar-refractivity contribution in [2.75, 3.05) is 18.0 Å². The van der Waals surface area contributed by atoms with Gasteiger partial charge in [0, 0.05) is 55.6 Å². The van der Waals surface area contributed by atoms with E-state index in [0.29, 0.717) is 18.0 Å². The number of aromatic nitrogens is 3. The van der Waals surface area contributed by atoms with Crippen LogP contribution in [0.2, 0.25) is 0 Å². The number of fused-ring (bicyclic) bond motifs is 2. The van der Waals surface area contributed by atoms with Crippen molar-refractivity contribution in [2.45, 2.75) is 43.8 Å². The summed E-state index contributed by atoms with van der Waals surface area (Å²) in [6.45, 7) is 2.76. The lowest BCUT2D eigenvalue weighted by atomic mass is 9.87. The number of hydrogen-bond donors (Lipinski definition) is 0. The molecule has 2 bridgehead atoms. The third kappa shape index (κ3) is 2.55. The van der Waals surface area contributed by atoms with Gasteiger partial charge in [-0.3, -0.25) is 9.88 Å². The van der Waals surface area contributed by atoms with Crippen molar-refractivity contribution in [3.8, 4) is 0 Å². The van der Waals surface area contributed by atoms with Crippen molar-refractivity contribution >= 4 is 5.82 Å². The molecule has 0 N–H and O–H groups in total. The quantitative estimate of drug-likeness (QED) is 0.863. The van der Waals surface area contributed by atoms with Crippen molar-refractivity contribution in [3.63, 3.8) is 0 Å². The summed E-state index contributed by atoms with van der Waals surface area (Å²) in [5.74, 6) is 1.46. The van der Waals surface area contributed by atoms with Crippen LogP contribution in [-0.4, -0.2) is 45.0 Å². The molecule has 1 aliphatic carbocycles. The number of hydrogen-bond acceptors (Lipinski definition) is 5. The number of pyridine rings is 1. The molecule has 2 unspecified atom stereocenters. The van der Waals surface area contributed by atoms with Crippen LogP contribution in [0.15, 0.2) is 30.9 Å². The van der Waals surface area contributed by atoms with Gasteiger partial charge in [-0.15, -0.1) is 0 Å². The standard InChI is InChI=1S/C18H20FN5/c19-14-3-12(6-20-7-14)8-24-15-4-16(24)10-23(9-15)18-5-17(13-1-2-13)21-11-22-18/h3,5-7,11,13,15-16H,1-2,4,8-10H2. The van der Waals surface area contributed by atoms with Gasteiger partial charge in [0.2, 0.25) is 0 Å². The number of halogens is 1. The normalized spacial score (nSPS) is 26.3. The fourth-order valence-corrected chi connectivity index (χ4v) is 4.02. The number of piperidine rings is 1. The van der Waals surface area contributed by atoms with Crippen molar-refractivity contribution < 1.29 is 4.39 Å². The van der Waals surface area contributed by atoms with E-state index in [1.54, 1.807) is 18.6 Å². The minimum Gasteiger partial charge on any atom is -0.353 e. The van der Waals surface area contributed by atoms with Crippen LogP contribution in [-0.2, 0) is 6.54 Å². The topological polar surface area (TPSA) is 45.2 Å². The molecule has 1 saturated carbocycles. The number of rotatable bonds is 4. The summed E-state index contributed by atoms with van der Waals surface area (Å²) in [5.41, 5.74) is 2.15. The summed E-state index contributed by atoms with van der Waals surface area (Å²) in [7, 11) is 0. The summed E-state index contributed by atoms with van der Waals surface area (Å²) < 4.78 is 13.3. The summed E-state index contributed by atoms with van der Waals surface area (Å²) in [4.78, 5) is 17.7. The van der Waals surface area contributed by atoms with Gasteiger partial charge < -0.3 is 4.90 Å². The van der Waals surface area contributed by atoms with Crippen LogP contribution >= 0.6 is 0 Å². The molecule has 4 fully saturated rings. The average Bonchev–Trinajstić information content (AvgIpc) is 3.45. The maximum absolute atomic E-state index is 13.3. The Morgan fingerprint density at radius 3 is 2.67 bits per heavy atom. The first-order chi connectivity index (χ1) is 11.8. The Kier molecular flexibility index (Phi) is 3.26. The van der Waals surface area contributed by atoms with Crippen LogP contribution in [0.4, 0.5) is 10.2 Å². The van der Waals surface area contributed by atoms with Crippen molar-refractivity contribution in [1.82, 2.24) is 19.9 Å². The molecular weight excluding hydrogens is 305 g/mol. The number of nitrogens with zero attached hydrogens (tertiary/aromatic N) is 5. The molecular formula is C18H20FN5. The summed E-state index contributed by atoms with van der Waals surface area (Å²) >= 11 is 0. The zero-order chi connectivity index (χ0) is 16.1. The Hall–Kier alpha value is -2.08. The van der Waals surface area contributed by atoms with Crippen LogP contribution in [0.25, 0.3) is 0 Å². The maximum atomic E-state index is 13.3. The van der Waals surface area contributed by atoms with Crippen molar-refractivity contribution in [2.24, 2.45) is 0 Å². The maximum Gasteiger partial charge on any atom is 0.141 e. The largest absolute Gasteiger partial charge is 0.353 e. The Labute approximate surface area is 140 Å². The fraction of sp³-hybridized carbons (Fsp3) is 0.500. The molecule has 0 aromatic carbocycles. The molecule has 0 radical (unpaired) electrons. The van der Waals surface area contributed by atoms with Gasteiger partial charge in [0.1, 0.15) is 18.0 Å². The Bertz CT molecular complexity index is 751. The molecule has 3 saturated heterocycles. The van der Waals surface area contributed by atoms with E-state index >= 15 is 0 Å². The van der Waals surface area contributed by atoms with E-state index in [-0.39, 0.29) is 5.82 Å². The van der Waals surface area contributed by atoms with Gasteiger partial charge in [-0.05, 0) is 30.9 Å². The van der Waals surface area contributed by atoms with Gasteiger partial charge >= 0.3 is 0 Å². The second kappa shape index (κ2) is 5.48.